The van der Waals surface area contributed by atoms with E-state index >= 15 is 0 Å². The number of benzene rings is 2. The Balaban J connectivity index is 2.09. The van der Waals surface area contributed by atoms with Crippen LogP contribution in [-0.2, 0) is 0 Å². The quantitative estimate of drug-likeness (QED) is 0.510. The maximum absolute atomic E-state index is 12.9. The number of rotatable bonds is 5. The van der Waals surface area contributed by atoms with Crippen LogP contribution < -0.4 is 0 Å². The minimum Gasteiger partial charge on any atom is -0.478 e. The molecule has 1 N–H and O–H groups in total. The summed E-state index contributed by atoms with van der Waals surface area (Å²) < 4.78 is 5.91. The molecule has 4 nitrogen and oxygen atoms in total. The lowest BCUT2D eigenvalue weighted by atomic mass is 9.86. The predicted octanol–water partition coefficient (Wildman–Crippen LogP) is 6.45. The van der Waals surface area contributed by atoms with Crippen molar-refractivity contribution in [1.29, 1.82) is 0 Å². The molecule has 0 amide bonds. The minimum atomic E-state index is -1.02. The molecule has 0 bridgehead atoms. The number of aromatic carboxylic acids is 1. The average Bonchev–Trinajstić information content (AvgIpc) is 3.03. The molecule has 148 valence electrons. The standard InChI is InChI=1S/C25H24O4/c1-6-21-19(13-15(2)25(3,4)5)20-14-18(11-12-22(20)29-21)23(26)16-7-9-17(10-8-16)24(27)28/h6-14H,1H2,2-5H3,(H,27,28)/b15-13+. The first-order valence-electron chi connectivity index (χ1n) is 9.37. The van der Waals surface area contributed by atoms with Gasteiger partial charge in [0.05, 0.1) is 5.56 Å². The van der Waals surface area contributed by atoms with Crippen LogP contribution in [0.5, 0.6) is 0 Å². The van der Waals surface area contributed by atoms with Gasteiger partial charge in [0.1, 0.15) is 11.3 Å². The number of hydrogen-bond donors (Lipinski definition) is 1. The highest BCUT2D eigenvalue weighted by Crippen LogP contribution is 2.34. The van der Waals surface area contributed by atoms with Gasteiger partial charge in [-0.3, -0.25) is 4.79 Å². The first kappa shape index (κ1) is 20.3. The molecule has 1 aromatic heterocycles. The molecule has 29 heavy (non-hydrogen) atoms. The van der Waals surface area contributed by atoms with E-state index in [0.29, 0.717) is 22.5 Å². The van der Waals surface area contributed by atoms with Crippen LogP contribution in [-0.4, -0.2) is 16.9 Å². The van der Waals surface area contributed by atoms with Crippen LogP contribution in [0.15, 0.2) is 59.0 Å². The molecule has 0 aliphatic carbocycles. The molecule has 1 heterocycles. The molecular formula is C25H24O4. The van der Waals surface area contributed by atoms with Crippen molar-refractivity contribution in [1.82, 2.24) is 0 Å². The fraction of sp³-hybridized carbons (Fsp3) is 0.200. The third kappa shape index (κ3) is 4.06. The highest BCUT2D eigenvalue weighted by Gasteiger charge is 2.18. The Bertz CT molecular complexity index is 1140. The lowest BCUT2D eigenvalue weighted by Gasteiger charge is -2.19. The maximum atomic E-state index is 12.9. The van der Waals surface area contributed by atoms with Crippen molar-refractivity contribution in [2.24, 2.45) is 5.41 Å². The number of fused-ring (bicyclic) bond motifs is 1. The average molecular weight is 388 g/mol. The van der Waals surface area contributed by atoms with Crippen molar-refractivity contribution >= 4 is 34.9 Å². The fourth-order valence-corrected chi connectivity index (χ4v) is 2.94. The van der Waals surface area contributed by atoms with Crippen LogP contribution in [0.4, 0.5) is 0 Å². The molecule has 0 saturated carbocycles. The second-order valence-corrected chi connectivity index (χ2v) is 8.08. The molecule has 3 rings (SSSR count). The molecule has 0 radical (unpaired) electrons. The van der Waals surface area contributed by atoms with Gasteiger partial charge < -0.3 is 9.52 Å². The number of ketones is 1. The zero-order valence-electron chi connectivity index (χ0n) is 17.1. The van der Waals surface area contributed by atoms with Gasteiger partial charge in [-0.1, -0.05) is 51.1 Å². The summed E-state index contributed by atoms with van der Waals surface area (Å²) in [4.78, 5) is 23.9. The number of carboxylic acid groups (broad SMARTS) is 1. The Morgan fingerprint density at radius 3 is 2.14 bits per heavy atom. The van der Waals surface area contributed by atoms with E-state index in [1.165, 1.54) is 29.8 Å². The number of carboxylic acids is 1. The predicted molar refractivity (Wildman–Crippen MR) is 116 cm³/mol. The van der Waals surface area contributed by atoms with Crippen LogP contribution in [0.3, 0.4) is 0 Å². The Morgan fingerprint density at radius 1 is 1.00 bits per heavy atom. The molecule has 0 aliphatic rings. The normalized spacial score (nSPS) is 12.2. The first-order chi connectivity index (χ1) is 13.6. The lowest BCUT2D eigenvalue weighted by Crippen LogP contribution is -2.06. The van der Waals surface area contributed by atoms with Gasteiger partial charge in [0.15, 0.2) is 5.78 Å². The van der Waals surface area contributed by atoms with Crippen LogP contribution in [0.1, 0.15) is 65.3 Å². The second-order valence-electron chi connectivity index (χ2n) is 8.08. The Morgan fingerprint density at radius 2 is 1.59 bits per heavy atom. The van der Waals surface area contributed by atoms with E-state index < -0.39 is 5.97 Å². The molecule has 0 spiro atoms. The van der Waals surface area contributed by atoms with Crippen LogP contribution in [0.2, 0.25) is 0 Å². The zero-order valence-corrected chi connectivity index (χ0v) is 17.1. The van der Waals surface area contributed by atoms with E-state index in [-0.39, 0.29) is 16.8 Å². The number of carbonyl (C=O) groups is 2. The molecule has 0 fully saturated rings. The van der Waals surface area contributed by atoms with Gasteiger partial charge in [-0.2, -0.15) is 0 Å². The number of allylic oxidation sites excluding steroid dienone is 1. The number of hydrogen-bond acceptors (Lipinski definition) is 3. The van der Waals surface area contributed by atoms with E-state index in [1.54, 1.807) is 18.2 Å². The molecular weight excluding hydrogens is 364 g/mol. The van der Waals surface area contributed by atoms with E-state index in [1.807, 2.05) is 6.07 Å². The van der Waals surface area contributed by atoms with E-state index in [0.717, 1.165) is 10.9 Å². The topological polar surface area (TPSA) is 67.5 Å². The van der Waals surface area contributed by atoms with Crippen molar-refractivity contribution in [2.75, 3.05) is 0 Å². The molecule has 3 aromatic rings. The maximum Gasteiger partial charge on any atom is 0.335 e. The van der Waals surface area contributed by atoms with Crippen molar-refractivity contribution in [3.05, 3.63) is 82.6 Å². The van der Waals surface area contributed by atoms with Gasteiger partial charge in [-0.05, 0) is 48.7 Å². The fourth-order valence-electron chi connectivity index (χ4n) is 2.94. The summed E-state index contributed by atoms with van der Waals surface area (Å²) in [6.45, 7) is 12.3. The van der Waals surface area contributed by atoms with Gasteiger partial charge in [0, 0.05) is 22.1 Å². The molecule has 4 heteroatoms. The Labute approximate surface area is 170 Å². The van der Waals surface area contributed by atoms with Gasteiger partial charge in [-0.25, -0.2) is 4.79 Å². The number of furan rings is 1. The highest BCUT2D eigenvalue weighted by molar-refractivity contribution is 6.11. The smallest absolute Gasteiger partial charge is 0.335 e. The monoisotopic (exact) mass is 388 g/mol. The Kier molecular flexibility index (Phi) is 5.29. The molecule has 0 aliphatic heterocycles. The molecule has 0 atom stereocenters. The van der Waals surface area contributed by atoms with E-state index in [9.17, 15) is 9.59 Å². The summed E-state index contributed by atoms with van der Waals surface area (Å²) in [7, 11) is 0. The second kappa shape index (κ2) is 7.55. The third-order valence-corrected chi connectivity index (χ3v) is 5.14. The lowest BCUT2D eigenvalue weighted by molar-refractivity contribution is 0.0696. The summed E-state index contributed by atoms with van der Waals surface area (Å²) >= 11 is 0. The molecule has 2 aromatic carbocycles. The van der Waals surface area contributed by atoms with Crippen molar-refractivity contribution in [2.45, 2.75) is 27.7 Å². The van der Waals surface area contributed by atoms with Gasteiger partial charge in [0.25, 0.3) is 0 Å². The number of carbonyl (C=O) groups excluding carboxylic acids is 1. The van der Waals surface area contributed by atoms with Gasteiger partial charge in [0.2, 0.25) is 0 Å². The zero-order chi connectivity index (χ0) is 21.3. The van der Waals surface area contributed by atoms with Crippen LogP contribution in [0, 0.1) is 5.41 Å². The summed E-state index contributed by atoms with van der Waals surface area (Å²) in [5, 5.41) is 9.87. The SMILES string of the molecule is C=Cc1oc2ccc(C(=O)c3ccc(C(=O)O)cc3)cc2c1/C=C(\C)C(C)(C)C. The molecule has 0 saturated heterocycles. The van der Waals surface area contributed by atoms with Crippen LogP contribution in [0.25, 0.3) is 23.1 Å². The minimum absolute atomic E-state index is 0.00134. The Hall–Kier alpha value is -3.40. The van der Waals surface area contributed by atoms with E-state index in [2.05, 4.69) is 40.3 Å². The summed E-state index contributed by atoms with van der Waals surface area (Å²) in [5.41, 5.74) is 3.87. The largest absolute Gasteiger partial charge is 0.478 e. The van der Waals surface area contributed by atoms with Crippen molar-refractivity contribution in [3.63, 3.8) is 0 Å². The summed E-state index contributed by atoms with van der Waals surface area (Å²) in [6, 6.07) is 11.3. The van der Waals surface area contributed by atoms with Crippen molar-refractivity contribution in [3.8, 4) is 0 Å². The van der Waals surface area contributed by atoms with Crippen molar-refractivity contribution < 1.29 is 19.1 Å². The third-order valence-electron chi connectivity index (χ3n) is 5.14. The summed E-state index contributed by atoms with van der Waals surface area (Å²) in [6.07, 6.45) is 3.76. The van der Waals surface area contributed by atoms with Gasteiger partial charge in [-0.15, -0.1) is 0 Å². The van der Waals surface area contributed by atoms with Crippen LogP contribution >= 0.6 is 0 Å². The molecule has 0 unspecified atom stereocenters. The summed E-state index contributed by atoms with van der Waals surface area (Å²) in [5.74, 6) is -0.530. The highest BCUT2D eigenvalue weighted by atomic mass is 16.4. The van der Waals surface area contributed by atoms with Gasteiger partial charge >= 0.3 is 5.97 Å². The first-order valence-corrected chi connectivity index (χ1v) is 9.37. The van der Waals surface area contributed by atoms with E-state index in [4.69, 9.17) is 9.52 Å².